The average molecular weight is 280 g/mol. The van der Waals surface area contributed by atoms with Crippen LogP contribution in [0.2, 0.25) is 0 Å². The average Bonchev–Trinajstić information content (AvgIpc) is 2.46. The Kier molecular flexibility index (Phi) is 5.11. The summed E-state index contributed by atoms with van der Waals surface area (Å²) in [5.41, 5.74) is 0.396. The molecule has 0 aromatic rings. The highest BCUT2D eigenvalue weighted by Crippen LogP contribution is 2.40. The molecule has 1 unspecified atom stereocenters. The first kappa shape index (κ1) is 15.8. The zero-order valence-corrected chi connectivity index (χ0v) is 13.7. The minimum absolute atomic E-state index is 0.278. The van der Waals surface area contributed by atoms with E-state index in [4.69, 9.17) is 0 Å². The van der Waals surface area contributed by atoms with Gasteiger partial charge in [0.05, 0.1) is 0 Å². The summed E-state index contributed by atoms with van der Waals surface area (Å²) in [6.45, 7) is 9.08. The van der Waals surface area contributed by atoms with E-state index in [0.717, 1.165) is 38.3 Å². The maximum Gasteiger partial charge on any atom is 0.225 e. The predicted octanol–water partition coefficient (Wildman–Crippen LogP) is 3.05. The normalized spacial score (nSPS) is 31.9. The number of rotatable bonds is 2. The van der Waals surface area contributed by atoms with Gasteiger partial charge in [-0.3, -0.25) is 4.79 Å². The third-order valence-corrected chi connectivity index (χ3v) is 5.47. The van der Waals surface area contributed by atoms with Crippen molar-refractivity contribution >= 4 is 5.91 Å². The van der Waals surface area contributed by atoms with Crippen molar-refractivity contribution in [3.05, 3.63) is 0 Å². The van der Waals surface area contributed by atoms with Gasteiger partial charge in [-0.05, 0) is 56.4 Å². The largest absolute Gasteiger partial charge is 0.341 e. The van der Waals surface area contributed by atoms with Crippen molar-refractivity contribution in [3.63, 3.8) is 0 Å². The Morgan fingerprint density at radius 1 is 1.10 bits per heavy atom. The number of nitrogens with one attached hydrogen (secondary N) is 1. The van der Waals surface area contributed by atoms with Crippen LogP contribution in [-0.2, 0) is 4.79 Å². The molecule has 0 spiro atoms. The summed E-state index contributed by atoms with van der Waals surface area (Å²) in [6.07, 6.45) is 6.97. The lowest BCUT2D eigenvalue weighted by Crippen LogP contribution is -2.49. The van der Waals surface area contributed by atoms with Crippen molar-refractivity contribution in [2.24, 2.45) is 17.3 Å². The summed E-state index contributed by atoms with van der Waals surface area (Å²) in [7, 11) is 2.01. The zero-order valence-electron chi connectivity index (χ0n) is 13.7. The molecule has 1 N–H and O–H groups in total. The number of likely N-dealkylation sites (N-methyl/N-ethyl adjacent to an activating group) is 1. The highest BCUT2D eigenvalue weighted by Gasteiger charge is 2.34. The van der Waals surface area contributed by atoms with Crippen molar-refractivity contribution in [2.45, 2.75) is 65.3 Å². The molecule has 3 heteroatoms. The molecule has 2 aliphatic rings. The SMILES string of the molecule is CN(C(=O)C1CCC(C(C)(C)C)CC1)C1CCCNC1. The van der Waals surface area contributed by atoms with Crippen LogP contribution in [0.5, 0.6) is 0 Å². The molecule has 2 fully saturated rings. The predicted molar refractivity (Wildman–Crippen MR) is 83.6 cm³/mol. The van der Waals surface area contributed by atoms with Crippen molar-refractivity contribution in [2.75, 3.05) is 20.1 Å². The monoisotopic (exact) mass is 280 g/mol. The van der Waals surface area contributed by atoms with E-state index >= 15 is 0 Å². The zero-order chi connectivity index (χ0) is 14.8. The van der Waals surface area contributed by atoms with E-state index in [0.29, 0.717) is 17.4 Å². The third kappa shape index (κ3) is 3.75. The van der Waals surface area contributed by atoms with Crippen LogP contribution >= 0.6 is 0 Å². The summed E-state index contributed by atoms with van der Waals surface area (Å²) < 4.78 is 0. The lowest BCUT2D eigenvalue weighted by Gasteiger charge is -2.39. The van der Waals surface area contributed by atoms with Gasteiger partial charge in [-0.2, -0.15) is 0 Å². The second-order valence-corrected chi connectivity index (χ2v) is 7.86. The van der Waals surface area contributed by atoms with Crippen LogP contribution < -0.4 is 5.32 Å². The maximum atomic E-state index is 12.7. The highest BCUT2D eigenvalue weighted by atomic mass is 16.2. The Hall–Kier alpha value is -0.570. The van der Waals surface area contributed by atoms with Gasteiger partial charge in [0.2, 0.25) is 5.91 Å². The summed E-state index contributed by atoms with van der Waals surface area (Å²) in [6, 6.07) is 0.414. The molecule has 0 bridgehead atoms. The molecule has 1 aliphatic heterocycles. The van der Waals surface area contributed by atoms with E-state index in [2.05, 4.69) is 26.1 Å². The smallest absolute Gasteiger partial charge is 0.225 e. The summed E-state index contributed by atoms with van der Waals surface area (Å²) in [5.74, 6) is 1.46. The van der Waals surface area contributed by atoms with Crippen LogP contribution in [0.15, 0.2) is 0 Å². The van der Waals surface area contributed by atoms with E-state index in [1.54, 1.807) is 0 Å². The Bertz CT molecular complexity index is 320. The fraction of sp³-hybridized carbons (Fsp3) is 0.941. The standard InChI is InChI=1S/C17H32N2O/c1-17(2,3)14-9-7-13(8-10-14)16(20)19(4)15-6-5-11-18-12-15/h13-15,18H,5-12H2,1-4H3. The minimum Gasteiger partial charge on any atom is -0.341 e. The third-order valence-electron chi connectivity index (χ3n) is 5.47. The van der Waals surface area contributed by atoms with Crippen LogP contribution in [0.3, 0.4) is 0 Å². The molecule has 0 radical (unpaired) electrons. The van der Waals surface area contributed by atoms with E-state index in [-0.39, 0.29) is 5.92 Å². The molecule has 0 aromatic carbocycles. The first-order chi connectivity index (χ1) is 9.39. The van der Waals surface area contributed by atoms with E-state index in [1.807, 2.05) is 11.9 Å². The van der Waals surface area contributed by atoms with Crippen molar-refractivity contribution in [1.82, 2.24) is 10.2 Å². The number of hydrogen-bond acceptors (Lipinski definition) is 2. The molecule has 1 saturated heterocycles. The van der Waals surface area contributed by atoms with Gasteiger partial charge in [0.15, 0.2) is 0 Å². The summed E-state index contributed by atoms with van der Waals surface area (Å²) in [4.78, 5) is 14.7. The van der Waals surface area contributed by atoms with Gasteiger partial charge in [-0.1, -0.05) is 20.8 Å². The molecule has 20 heavy (non-hydrogen) atoms. The Balaban J connectivity index is 1.85. The van der Waals surface area contributed by atoms with Gasteiger partial charge < -0.3 is 10.2 Å². The van der Waals surface area contributed by atoms with Crippen LogP contribution in [0.4, 0.5) is 0 Å². The van der Waals surface area contributed by atoms with Gasteiger partial charge in [0.25, 0.3) is 0 Å². The molecule has 1 saturated carbocycles. The Morgan fingerprint density at radius 3 is 2.25 bits per heavy atom. The van der Waals surface area contributed by atoms with Gasteiger partial charge >= 0.3 is 0 Å². The first-order valence-corrected chi connectivity index (χ1v) is 8.37. The van der Waals surface area contributed by atoms with E-state index < -0.39 is 0 Å². The molecule has 2 rings (SSSR count). The van der Waals surface area contributed by atoms with Crippen molar-refractivity contribution < 1.29 is 4.79 Å². The van der Waals surface area contributed by atoms with Crippen LogP contribution in [0.25, 0.3) is 0 Å². The molecule has 116 valence electrons. The second-order valence-electron chi connectivity index (χ2n) is 7.86. The molecule has 1 aliphatic carbocycles. The van der Waals surface area contributed by atoms with Crippen LogP contribution in [-0.4, -0.2) is 37.0 Å². The van der Waals surface area contributed by atoms with Gasteiger partial charge in [0.1, 0.15) is 0 Å². The fourth-order valence-corrected chi connectivity index (χ4v) is 3.84. The van der Waals surface area contributed by atoms with Gasteiger partial charge in [0, 0.05) is 25.6 Å². The van der Waals surface area contributed by atoms with E-state index in [9.17, 15) is 4.79 Å². The summed E-state index contributed by atoms with van der Waals surface area (Å²) in [5, 5.41) is 3.41. The number of piperidine rings is 1. The molecular weight excluding hydrogens is 248 g/mol. The van der Waals surface area contributed by atoms with Crippen molar-refractivity contribution in [1.29, 1.82) is 0 Å². The quantitative estimate of drug-likeness (QED) is 0.843. The van der Waals surface area contributed by atoms with Crippen LogP contribution in [0.1, 0.15) is 59.3 Å². The molecule has 1 atom stereocenters. The minimum atomic E-state index is 0.278. The number of carbonyl (C=O) groups is 1. The molecular formula is C17H32N2O. The topological polar surface area (TPSA) is 32.3 Å². The lowest BCUT2D eigenvalue weighted by molar-refractivity contribution is -0.138. The fourth-order valence-electron chi connectivity index (χ4n) is 3.84. The molecule has 3 nitrogen and oxygen atoms in total. The second kappa shape index (κ2) is 6.46. The Labute approximate surface area is 124 Å². The van der Waals surface area contributed by atoms with Gasteiger partial charge in [-0.25, -0.2) is 0 Å². The molecule has 1 heterocycles. The Morgan fingerprint density at radius 2 is 1.75 bits per heavy atom. The van der Waals surface area contributed by atoms with E-state index in [1.165, 1.54) is 19.3 Å². The summed E-state index contributed by atoms with van der Waals surface area (Å²) >= 11 is 0. The number of nitrogens with zero attached hydrogens (tertiary/aromatic N) is 1. The highest BCUT2D eigenvalue weighted by molar-refractivity contribution is 5.79. The number of carbonyl (C=O) groups excluding carboxylic acids is 1. The van der Waals surface area contributed by atoms with Crippen LogP contribution in [0, 0.1) is 17.3 Å². The van der Waals surface area contributed by atoms with Gasteiger partial charge in [-0.15, -0.1) is 0 Å². The van der Waals surface area contributed by atoms with Crippen molar-refractivity contribution in [3.8, 4) is 0 Å². The number of hydrogen-bond donors (Lipinski definition) is 1. The first-order valence-electron chi connectivity index (χ1n) is 8.37. The number of amides is 1. The maximum absolute atomic E-state index is 12.7. The molecule has 0 aromatic heterocycles. The molecule has 1 amide bonds. The lowest BCUT2D eigenvalue weighted by atomic mass is 9.69.